The molecule has 0 saturated heterocycles. The average molecular weight is 241 g/mol. The lowest BCUT2D eigenvalue weighted by Gasteiger charge is -2.12. The third-order valence-electron chi connectivity index (χ3n) is 3.03. The Balaban J connectivity index is 1.60. The minimum Gasteiger partial charge on any atom is -0.488 e. The first-order chi connectivity index (χ1) is 8.81. The molecular formula is C14H15N3O. The maximum Gasteiger partial charge on any atom is 0.129 e. The van der Waals surface area contributed by atoms with Crippen molar-refractivity contribution in [3.05, 3.63) is 47.9 Å². The number of benzene rings is 1. The Bertz CT molecular complexity index is 531. The van der Waals surface area contributed by atoms with Crippen LogP contribution in [0.15, 0.2) is 36.7 Å². The minimum absolute atomic E-state index is 0.178. The van der Waals surface area contributed by atoms with Gasteiger partial charge in [-0.3, -0.25) is 0 Å². The number of anilines is 1. The number of hydrogen-bond acceptors (Lipinski definition) is 4. The first-order valence-corrected chi connectivity index (χ1v) is 6.08. The van der Waals surface area contributed by atoms with E-state index in [9.17, 15) is 0 Å². The van der Waals surface area contributed by atoms with Gasteiger partial charge in [-0.25, -0.2) is 9.97 Å². The van der Waals surface area contributed by atoms with E-state index < -0.39 is 0 Å². The second-order valence-electron chi connectivity index (χ2n) is 4.48. The van der Waals surface area contributed by atoms with E-state index in [-0.39, 0.29) is 6.10 Å². The van der Waals surface area contributed by atoms with Gasteiger partial charge in [-0.05, 0) is 18.6 Å². The molecule has 1 atom stereocenters. The number of ether oxygens (including phenoxy) is 1. The van der Waals surface area contributed by atoms with Gasteiger partial charge < -0.3 is 10.1 Å². The van der Waals surface area contributed by atoms with E-state index in [2.05, 4.69) is 21.4 Å². The van der Waals surface area contributed by atoms with Gasteiger partial charge in [-0.2, -0.15) is 0 Å². The normalized spacial score (nSPS) is 17.1. The molecule has 0 saturated carbocycles. The molecule has 4 nitrogen and oxygen atoms in total. The zero-order valence-electron chi connectivity index (χ0n) is 10.3. The fourth-order valence-corrected chi connectivity index (χ4v) is 2.14. The van der Waals surface area contributed by atoms with E-state index in [1.54, 1.807) is 6.33 Å². The molecule has 1 aromatic heterocycles. The van der Waals surface area contributed by atoms with Crippen LogP contribution in [0.25, 0.3) is 0 Å². The summed E-state index contributed by atoms with van der Waals surface area (Å²) in [6.45, 7) is 2.71. The van der Waals surface area contributed by atoms with Crippen LogP contribution in [0.5, 0.6) is 5.75 Å². The highest BCUT2D eigenvalue weighted by atomic mass is 16.5. The van der Waals surface area contributed by atoms with Crippen molar-refractivity contribution in [3.8, 4) is 5.75 Å². The van der Waals surface area contributed by atoms with Crippen LogP contribution in [0.2, 0.25) is 0 Å². The molecule has 3 rings (SSSR count). The highest BCUT2D eigenvalue weighted by Crippen LogP contribution is 2.28. The van der Waals surface area contributed by atoms with E-state index >= 15 is 0 Å². The molecule has 0 spiro atoms. The summed E-state index contributed by atoms with van der Waals surface area (Å²) in [6.07, 6.45) is 2.70. The molecule has 2 heterocycles. The van der Waals surface area contributed by atoms with Crippen molar-refractivity contribution in [1.82, 2.24) is 9.97 Å². The van der Waals surface area contributed by atoms with E-state index in [0.717, 1.165) is 30.2 Å². The lowest BCUT2D eigenvalue weighted by Crippen LogP contribution is -2.24. The van der Waals surface area contributed by atoms with Gasteiger partial charge in [0.25, 0.3) is 0 Å². The van der Waals surface area contributed by atoms with Crippen molar-refractivity contribution in [2.24, 2.45) is 0 Å². The van der Waals surface area contributed by atoms with E-state index in [1.165, 1.54) is 5.56 Å². The predicted octanol–water partition coefficient (Wildman–Crippen LogP) is 2.20. The van der Waals surface area contributed by atoms with Gasteiger partial charge in [0.05, 0.1) is 6.54 Å². The van der Waals surface area contributed by atoms with Crippen molar-refractivity contribution in [1.29, 1.82) is 0 Å². The van der Waals surface area contributed by atoms with E-state index in [1.807, 2.05) is 31.2 Å². The van der Waals surface area contributed by atoms with Crippen molar-refractivity contribution in [2.45, 2.75) is 19.4 Å². The van der Waals surface area contributed by atoms with Gasteiger partial charge in [0.15, 0.2) is 0 Å². The summed E-state index contributed by atoms with van der Waals surface area (Å²) in [5.41, 5.74) is 2.24. The van der Waals surface area contributed by atoms with Gasteiger partial charge in [-0.15, -0.1) is 0 Å². The SMILES string of the molecule is Cc1cc(NCC2Cc3ccccc3O2)ncn1. The standard InChI is InChI=1S/C14H15N3O/c1-10-6-14(17-9-16-10)15-8-12-7-11-4-2-3-5-13(11)18-12/h2-6,9,12H,7-8H2,1H3,(H,15,16,17). The topological polar surface area (TPSA) is 47.0 Å². The number of aryl methyl sites for hydroxylation is 1. The van der Waals surface area contributed by atoms with Crippen LogP contribution in [0.4, 0.5) is 5.82 Å². The van der Waals surface area contributed by atoms with Gasteiger partial charge in [-0.1, -0.05) is 18.2 Å². The maximum absolute atomic E-state index is 5.85. The Morgan fingerprint density at radius 3 is 3.06 bits per heavy atom. The van der Waals surface area contributed by atoms with E-state index in [4.69, 9.17) is 4.74 Å². The summed E-state index contributed by atoms with van der Waals surface area (Å²) in [5.74, 6) is 1.85. The molecule has 1 unspecified atom stereocenters. The van der Waals surface area contributed by atoms with Crippen LogP contribution in [-0.4, -0.2) is 22.6 Å². The van der Waals surface area contributed by atoms with E-state index in [0.29, 0.717) is 0 Å². The second-order valence-corrected chi connectivity index (χ2v) is 4.48. The van der Waals surface area contributed by atoms with Crippen LogP contribution in [-0.2, 0) is 6.42 Å². The number of para-hydroxylation sites is 1. The Labute approximate surface area is 106 Å². The summed E-state index contributed by atoms with van der Waals surface area (Å²) in [4.78, 5) is 8.24. The smallest absolute Gasteiger partial charge is 0.129 e. The molecule has 1 aliphatic rings. The van der Waals surface area contributed by atoms with Gasteiger partial charge >= 0.3 is 0 Å². The monoisotopic (exact) mass is 241 g/mol. The summed E-state index contributed by atoms with van der Waals surface area (Å²) < 4.78 is 5.85. The molecule has 2 aromatic rings. The first-order valence-electron chi connectivity index (χ1n) is 6.08. The molecule has 92 valence electrons. The number of nitrogens with zero attached hydrogens (tertiary/aromatic N) is 2. The molecule has 18 heavy (non-hydrogen) atoms. The van der Waals surface area contributed by atoms with Gasteiger partial charge in [0.1, 0.15) is 24.0 Å². The second kappa shape index (κ2) is 4.64. The predicted molar refractivity (Wildman–Crippen MR) is 69.8 cm³/mol. The molecular weight excluding hydrogens is 226 g/mol. The summed E-state index contributed by atoms with van der Waals surface area (Å²) in [5, 5.41) is 3.29. The third kappa shape index (κ3) is 2.27. The molecule has 4 heteroatoms. The number of rotatable bonds is 3. The lowest BCUT2D eigenvalue weighted by molar-refractivity contribution is 0.246. The van der Waals surface area contributed by atoms with Crippen molar-refractivity contribution >= 4 is 5.82 Å². The first kappa shape index (κ1) is 11.0. The maximum atomic E-state index is 5.85. The lowest BCUT2D eigenvalue weighted by atomic mass is 10.1. The highest BCUT2D eigenvalue weighted by molar-refractivity contribution is 5.39. The van der Waals surface area contributed by atoms with Crippen LogP contribution in [0.1, 0.15) is 11.3 Å². The van der Waals surface area contributed by atoms with Crippen molar-refractivity contribution < 1.29 is 4.74 Å². The Morgan fingerprint density at radius 1 is 1.33 bits per heavy atom. The number of hydrogen-bond donors (Lipinski definition) is 1. The molecule has 0 amide bonds. The Kier molecular flexibility index (Phi) is 2.84. The minimum atomic E-state index is 0.178. The molecule has 1 aromatic carbocycles. The zero-order chi connectivity index (χ0) is 12.4. The molecule has 0 aliphatic carbocycles. The molecule has 0 bridgehead atoms. The quantitative estimate of drug-likeness (QED) is 0.895. The van der Waals surface area contributed by atoms with Gasteiger partial charge in [0, 0.05) is 18.2 Å². The van der Waals surface area contributed by atoms with Crippen LogP contribution in [0.3, 0.4) is 0 Å². The average Bonchev–Trinajstić information content (AvgIpc) is 2.79. The highest BCUT2D eigenvalue weighted by Gasteiger charge is 2.21. The van der Waals surface area contributed by atoms with Crippen LogP contribution >= 0.6 is 0 Å². The molecule has 0 radical (unpaired) electrons. The fraction of sp³-hybridized carbons (Fsp3) is 0.286. The Hall–Kier alpha value is -2.10. The van der Waals surface area contributed by atoms with Crippen LogP contribution in [0, 0.1) is 6.92 Å². The number of nitrogens with one attached hydrogen (secondary N) is 1. The Morgan fingerprint density at radius 2 is 2.22 bits per heavy atom. The summed E-state index contributed by atoms with van der Waals surface area (Å²) in [7, 11) is 0. The molecule has 1 aliphatic heterocycles. The van der Waals surface area contributed by atoms with Crippen molar-refractivity contribution in [2.75, 3.05) is 11.9 Å². The van der Waals surface area contributed by atoms with Crippen LogP contribution < -0.4 is 10.1 Å². The summed E-state index contributed by atoms with van der Waals surface area (Å²) in [6, 6.07) is 10.1. The fourth-order valence-electron chi connectivity index (χ4n) is 2.14. The largest absolute Gasteiger partial charge is 0.488 e. The third-order valence-corrected chi connectivity index (χ3v) is 3.03. The summed E-state index contributed by atoms with van der Waals surface area (Å²) >= 11 is 0. The molecule has 0 fully saturated rings. The zero-order valence-corrected chi connectivity index (χ0v) is 10.3. The van der Waals surface area contributed by atoms with Gasteiger partial charge in [0.2, 0.25) is 0 Å². The van der Waals surface area contributed by atoms with Crippen molar-refractivity contribution in [3.63, 3.8) is 0 Å². The number of aromatic nitrogens is 2. The number of fused-ring (bicyclic) bond motifs is 1. The molecule has 1 N–H and O–H groups in total.